The number of piperidine rings is 1. The smallest absolute Gasteiger partial charge is 0.243 e. The Morgan fingerprint density at radius 1 is 1.19 bits per heavy atom. The summed E-state index contributed by atoms with van der Waals surface area (Å²) in [6, 6.07) is 12.3. The highest BCUT2D eigenvalue weighted by molar-refractivity contribution is 7.98. The van der Waals surface area contributed by atoms with E-state index in [-0.39, 0.29) is 17.3 Å². The molecular formula is C19H21FN2O3S2. The highest BCUT2D eigenvalue weighted by Gasteiger charge is 2.33. The zero-order valence-electron chi connectivity index (χ0n) is 14.9. The van der Waals surface area contributed by atoms with Gasteiger partial charge in [-0.15, -0.1) is 11.8 Å². The van der Waals surface area contributed by atoms with Gasteiger partial charge in [0.25, 0.3) is 0 Å². The second kappa shape index (κ2) is 8.41. The van der Waals surface area contributed by atoms with Gasteiger partial charge in [0.2, 0.25) is 15.9 Å². The topological polar surface area (TPSA) is 66.5 Å². The zero-order valence-corrected chi connectivity index (χ0v) is 16.5. The molecule has 0 saturated carbocycles. The predicted molar refractivity (Wildman–Crippen MR) is 105 cm³/mol. The lowest BCUT2D eigenvalue weighted by Gasteiger charge is -2.31. The summed E-state index contributed by atoms with van der Waals surface area (Å²) in [5.74, 6) is -1.10. The SMILES string of the molecule is CSc1ccccc1NC(=O)[C@H]1CCCN(S(=O)(=O)c2ccc(F)cc2)C1. The van der Waals surface area contributed by atoms with Crippen LogP contribution in [0.4, 0.5) is 10.1 Å². The van der Waals surface area contributed by atoms with E-state index in [0.29, 0.717) is 19.4 Å². The minimum absolute atomic E-state index is 0.0395. The van der Waals surface area contributed by atoms with E-state index in [1.54, 1.807) is 0 Å². The van der Waals surface area contributed by atoms with Crippen LogP contribution in [0.3, 0.4) is 0 Å². The first-order chi connectivity index (χ1) is 12.9. The highest BCUT2D eigenvalue weighted by Crippen LogP contribution is 2.28. The lowest BCUT2D eigenvalue weighted by Crippen LogP contribution is -2.43. The molecule has 0 aliphatic carbocycles. The number of benzene rings is 2. The van der Waals surface area contributed by atoms with Crippen LogP contribution < -0.4 is 5.32 Å². The van der Waals surface area contributed by atoms with Gasteiger partial charge in [-0.1, -0.05) is 12.1 Å². The molecule has 3 rings (SSSR count). The van der Waals surface area contributed by atoms with Crippen molar-refractivity contribution < 1.29 is 17.6 Å². The van der Waals surface area contributed by atoms with Gasteiger partial charge in [-0.3, -0.25) is 4.79 Å². The van der Waals surface area contributed by atoms with Gasteiger partial charge in [0.05, 0.1) is 16.5 Å². The van der Waals surface area contributed by atoms with Crippen molar-refractivity contribution in [1.29, 1.82) is 0 Å². The molecule has 1 aliphatic rings. The minimum Gasteiger partial charge on any atom is -0.325 e. The summed E-state index contributed by atoms with van der Waals surface area (Å²) >= 11 is 1.54. The Bertz CT molecular complexity index is 917. The first-order valence-corrected chi connectivity index (χ1v) is 11.3. The molecule has 0 bridgehead atoms. The monoisotopic (exact) mass is 408 g/mol. The second-order valence-corrected chi connectivity index (χ2v) is 9.13. The molecule has 1 heterocycles. The van der Waals surface area contributed by atoms with Crippen molar-refractivity contribution in [3.05, 3.63) is 54.3 Å². The third-order valence-electron chi connectivity index (χ3n) is 4.57. The Labute approximate surface area is 163 Å². The van der Waals surface area contributed by atoms with E-state index in [4.69, 9.17) is 0 Å². The third-order valence-corrected chi connectivity index (χ3v) is 7.25. The van der Waals surface area contributed by atoms with E-state index in [9.17, 15) is 17.6 Å². The number of sulfonamides is 1. The van der Waals surface area contributed by atoms with E-state index in [1.165, 1.54) is 28.2 Å². The van der Waals surface area contributed by atoms with E-state index in [2.05, 4.69) is 5.32 Å². The lowest BCUT2D eigenvalue weighted by molar-refractivity contribution is -0.120. The normalized spacial score (nSPS) is 18.2. The Morgan fingerprint density at radius 3 is 2.59 bits per heavy atom. The van der Waals surface area contributed by atoms with Gasteiger partial charge in [0.1, 0.15) is 5.82 Å². The largest absolute Gasteiger partial charge is 0.325 e. The van der Waals surface area contributed by atoms with Crippen molar-refractivity contribution in [2.24, 2.45) is 5.92 Å². The molecule has 5 nitrogen and oxygen atoms in total. The molecular weight excluding hydrogens is 387 g/mol. The van der Waals surface area contributed by atoms with Gasteiger partial charge in [-0.25, -0.2) is 12.8 Å². The maximum absolute atomic E-state index is 13.1. The number of hydrogen-bond acceptors (Lipinski definition) is 4. The molecule has 8 heteroatoms. The van der Waals surface area contributed by atoms with Crippen molar-refractivity contribution in [2.75, 3.05) is 24.7 Å². The molecule has 1 N–H and O–H groups in total. The van der Waals surface area contributed by atoms with Crippen molar-refractivity contribution in [1.82, 2.24) is 4.31 Å². The molecule has 0 radical (unpaired) electrons. The molecule has 1 aliphatic heterocycles. The quantitative estimate of drug-likeness (QED) is 0.768. The summed E-state index contributed by atoms with van der Waals surface area (Å²) in [5.41, 5.74) is 0.730. The number of halogens is 1. The first-order valence-electron chi connectivity index (χ1n) is 8.61. The summed E-state index contributed by atoms with van der Waals surface area (Å²) in [5, 5.41) is 2.92. The van der Waals surface area contributed by atoms with Crippen molar-refractivity contribution in [3.8, 4) is 0 Å². The van der Waals surface area contributed by atoms with Crippen LogP contribution in [-0.2, 0) is 14.8 Å². The third kappa shape index (κ3) is 4.51. The molecule has 1 fully saturated rings. The number of anilines is 1. The maximum Gasteiger partial charge on any atom is 0.243 e. The van der Waals surface area contributed by atoms with E-state index < -0.39 is 21.8 Å². The van der Waals surface area contributed by atoms with Gasteiger partial charge < -0.3 is 5.32 Å². The van der Waals surface area contributed by atoms with E-state index >= 15 is 0 Å². The summed E-state index contributed by atoms with van der Waals surface area (Å²) in [7, 11) is -3.75. The number of para-hydroxylation sites is 1. The molecule has 144 valence electrons. The summed E-state index contributed by atoms with van der Waals surface area (Å²) in [6.07, 6.45) is 3.16. The fourth-order valence-electron chi connectivity index (χ4n) is 3.11. The number of thioether (sulfide) groups is 1. The number of rotatable bonds is 5. The minimum atomic E-state index is -3.75. The molecule has 0 aromatic heterocycles. The fraction of sp³-hybridized carbons (Fsp3) is 0.316. The van der Waals surface area contributed by atoms with E-state index in [1.807, 2.05) is 30.5 Å². The van der Waals surface area contributed by atoms with Crippen LogP contribution in [-0.4, -0.2) is 38.0 Å². The van der Waals surface area contributed by atoms with Crippen molar-refractivity contribution >= 4 is 33.4 Å². The molecule has 0 unspecified atom stereocenters. The van der Waals surface area contributed by atoms with Crippen molar-refractivity contribution in [2.45, 2.75) is 22.6 Å². The molecule has 2 aromatic carbocycles. The predicted octanol–water partition coefficient (Wildman–Crippen LogP) is 3.59. The zero-order chi connectivity index (χ0) is 19.4. The van der Waals surface area contributed by atoms with Crippen LogP contribution in [0, 0.1) is 11.7 Å². The van der Waals surface area contributed by atoms with Crippen LogP contribution in [0.15, 0.2) is 58.3 Å². The molecule has 2 aromatic rings. The number of nitrogens with zero attached hydrogens (tertiary/aromatic N) is 1. The maximum atomic E-state index is 13.1. The molecule has 1 atom stereocenters. The number of carbonyl (C=O) groups is 1. The van der Waals surface area contributed by atoms with Crippen molar-refractivity contribution in [3.63, 3.8) is 0 Å². The van der Waals surface area contributed by atoms with Crippen LogP contribution in [0.5, 0.6) is 0 Å². The van der Waals surface area contributed by atoms with Gasteiger partial charge >= 0.3 is 0 Å². The number of hydrogen-bond donors (Lipinski definition) is 1. The van der Waals surface area contributed by atoms with Gasteiger partial charge in [0, 0.05) is 18.0 Å². The highest BCUT2D eigenvalue weighted by atomic mass is 32.2. The van der Waals surface area contributed by atoms with Crippen LogP contribution in [0.2, 0.25) is 0 Å². The first kappa shape index (κ1) is 19.9. The standard InChI is InChI=1S/C19H21FN2O3S2/c1-26-18-7-3-2-6-17(18)21-19(23)14-5-4-12-22(13-14)27(24,25)16-10-8-15(20)9-11-16/h2-3,6-11,14H,4-5,12-13H2,1H3,(H,21,23)/t14-/m0/s1. The summed E-state index contributed by atoms with van der Waals surface area (Å²) in [4.78, 5) is 13.7. The van der Waals surface area contributed by atoms with Crippen LogP contribution in [0.1, 0.15) is 12.8 Å². The Balaban J connectivity index is 1.73. The second-order valence-electron chi connectivity index (χ2n) is 6.35. The molecule has 1 saturated heterocycles. The number of nitrogens with one attached hydrogen (secondary N) is 1. The van der Waals surface area contributed by atoms with Gasteiger partial charge in [-0.05, 0) is 55.5 Å². The fourth-order valence-corrected chi connectivity index (χ4v) is 5.19. The Kier molecular flexibility index (Phi) is 6.18. The van der Waals surface area contributed by atoms with E-state index in [0.717, 1.165) is 22.7 Å². The van der Waals surface area contributed by atoms with Crippen LogP contribution in [0.25, 0.3) is 0 Å². The summed E-state index contributed by atoms with van der Waals surface area (Å²) < 4.78 is 40.0. The molecule has 27 heavy (non-hydrogen) atoms. The number of amides is 1. The lowest BCUT2D eigenvalue weighted by atomic mass is 9.99. The van der Waals surface area contributed by atoms with Gasteiger partial charge in [-0.2, -0.15) is 4.31 Å². The molecule has 0 spiro atoms. The summed E-state index contributed by atoms with van der Waals surface area (Å²) in [6.45, 7) is 0.470. The average molecular weight is 409 g/mol. The Morgan fingerprint density at radius 2 is 1.89 bits per heavy atom. The van der Waals surface area contributed by atoms with Gasteiger partial charge in [0.15, 0.2) is 0 Å². The Hall–Kier alpha value is -1.90. The average Bonchev–Trinajstić information content (AvgIpc) is 2.69. The van der Waals surface area contributed by atoms with Crippen LogP contribution >= 0.6 is 11.8 Å². The number of carbonyl (C=O) groups excluding carboxylic acids is 1. The molecule has 1 amide bonds.